The molecule has 30 heavy (non-hydrogen) atoms. The molecule has 2 aliphatic rings. The Kier molecular flexibility index (Phi) is 5.41. The molecule has 156 valence electrons. The predicted octanol–water partition coefficient (Wildman–Crippen LogP) is 3.87. The van der Waals surface area contributed by atoms with Crippen LogP contribution >= 0.6 is 23.2 Å². The van der Waals surface area contributed by atoms with Crippen molar-refractivity contribution >= 4 is 23.2 Å². The zero-order chi connectivity index (χ0) is 20.7. The first kappa shape index (κ1) is 19.8. The molecule has 0 spiro atoms. The third kappa shape index (κ3) is 3.81. The number of hydrogen-bond donors (Lipinski definition) is 0. The Morgan fingerprint density at radius 2 is 1.80 bits per heavy atom. The summed E-state index contributed by atoms with van der Waals surface area (Å²) in [6.07, 6.45) is 3.96. The Morgan fingerprint density at radius 1 is 1.03 bits per heavy atom. The molecule has 6 nitrogen and oxygen atoms in total. The maximum Gasteiger partial charge on any atom is 0.140 e. The second kappa shape index (κ2) is 8.19. The Morgan fingerprint density at radius 3 is 2.50 bits per heavy atom. The molecule has 1 fully saturated rings. The number of benzene rings is 2. The predicted molar refractivity (Wildman–Crippen MR) is 118 cm³/mol. The van der Waals surface area contributed by atoms with Crippen LogP contribution in [0.4, 0.5) is 0 Å². The van der Waals surface area contributed by atoms with Gasteiger partial charge in [0.15, 0.2) is 0 Å². The lowest BCUT2D eigenvalue weighted by Gasteiger charge is -2.38. The fraction of sp³-hybridized carbons (Fsp3) is 0.364. The van der Waals surface area contributed by atoms with Crippen LogP contribution in [0.5, 0.6) is 5.75 Å². The average Bonchev–Trinajstić information content (AvgIpc) is 3.39. The second-order valence-electron chi connectivity index (χ2n) is 7.94. The number of likely N-dealkylation sites (N-methyl/N-ethyl adjacent to an activating group) is 1. The number of piperazine rings is 1. The van der Waals surface area contributed by atoms with Crippen molar-refractivity contribution in [2.75, 3.05) is 33.2 Å². The van der Waals surface area contributed by atoms with E-state index in [1.165, 1.54) is 6.33 Å². The topological polar surface area (TPSA) is 46.4 Å². The third-order valence-electron chi connectivity index (χ3n) is 6.05. The number of aromatic nitrogens is 3. The molecule has 1 aromatic heterocycles. The quantitative estimate of drug-likeness (QED) is 0.612. The molecule has 0 bridgehead atoms. The van der Waals surface area contributed by atoms with Gasteiger partial charge in [-0.05, 0) is 55.4 Å². The highest BCUT2D eigenvalue weighted by atomic mass is 35.5. The molecule has 0 radical (unpaired) electrons. The van der Waals surface area contributed by atoms with Crippen molar-refractivity contribution in [3.8, 4) is 11.4 Å². The van der Waals surface area contributed by atoms with Crippen molar-refractivity contribution in [2.45, 2.75) is 18.6 Å². The minimum atomic E-state index is -0.114. The van der Waals surface area contributed by atoms with Crippen molar-refractivity contribution in [3.05, 3.63) is 70.2 Å². The average molecular weight is 444 g/mol. The van der Waals surface area contributed by atoms with Crippen LogP contribution in [0.2, 0.25) is 10.0 Å². The van der Waals surface area contributed by atoms with E-state index in [4.69, 9.17) is 27.9 Å². The summed E-state index contributed by atoms with van der Waals surface area (Å²) >= 11 is 12.9. The number of nitrogens with zero attached hydrogens (tertiary/aromatic N) is 5. The fourth-order valence-electron chi connectivity index (χ4n) is 4.40. The molecule has 2 aromatic carbocycles. The molecule has 5 rings (SSSR count). The van der Waals surface area contributed by atoms with Gasteiger partial charge < -0.3 is 9.64 Å². The number of ether oxygens (including phenoxy) is 1. The Hall–Kier alpha value is -2.12. The molecule has 0 amide bonds. The Balaban J connectivity index is 1.44. The molecule has 3 aromatic rings. The van der Waals surface area contributed by atoms with Gasteiger partial charge in [-0.2, -0.15) is 5.10 Å². The van der Waals surface area contributed by atoms with Gasteiger partial charge in [0, 0.05) is 41.8 Å². The van der Waals surface area contributed by atoms with Crippen LogP contribution in [0.1, 0.15) is 17.2 Å². The van der Waals surface area contributed by atoms with E-state index >= 15 is 0 Å². The molecule has 2 atom stereocenters. The summed E-state index contributed by atoms with van der Waals surface area (Å²) in [6.45, 7) is 4.15. The number of fused-ring (bicyclic) bond motifs is 1. The molecule has 8 heteroatoms. The van der Waals surface area contributed by atoms with Gasteiger partial charge in [0.2, 0.25) is 0 Å². The highest BCUT2D eigenvalue weighted by Crippen LogP contribution is 2.42. The van der Waals surface area contributed by atoms with Crippen LogP contribution in [0, 0.1) is 0 Å². The van der Waals surface area contributed by atoms with Gasteiger partial charge in [-0.3, -0.25) is 4.90 Å². The zero-order valence-corrected chi connectivity index (χ0v) is 18.2. The van der Waals surface area contributed by atoms with E-state index < -0.39 is 0 Å². The van der Waals surface area contributed by atoms with Gasteiger partial charge in [0.1, 0.15) is 24.5 Å². The lowest BCUT2D eigenvalue weighted by Crippen LogP contribution is -2.50. The Bertz CT molecular complexity index is 1020. The lowest BCUT2D eigenvalue weighted by atomic mass is 10.1. The van der Waals surface area contributed by atoms with Gasteiger partial charge in [0.05, 0.1) is 11.7 Å². The van der Waals surface area contributed by atoms with E-state index in [1.807, 2.05) is 36.4 Å². The molecule has 1 aliphatic heterocycles. The van der Waals surface area contributed by atoms with Crippen molar-refractivity contribution in [3.63, 3.8) is 0 Å². The summed E-state index contributed by atoms with van der Waals surface area (Å²) in [5.41, 5.74) is 3.18. The SMILES string of the molecule is CN1CCN(C2Cc3c(Cl)cc(Cl)cc3C2Oc2ccc(-n3cncn3)cc2)CC1. The first-order valence-electron chi connectivity index (χ1n) is 10.1. The van der Waals surface area contributed by atoms with Crippen molar-refractivity contribution in [2.24, 2.45) is 0 Å². The van der Waals surface area contributed by atoms with Crippen LogP contribution in [0.15, 0.2) is 49.1 Å². The van der Waals surface area contributed by atoms with Gasteiger partial charge in [0.25, 0.3) is 0 Å². The summed E-state index contributed by atoms with van der Waals surface area (Å²) in [4.78, 5) is 8.89. The maximum absolute atomic E-state index is 6.57. The van der Waals surface area contributed by atoms with E-state index in [-0.39, 0.29) is 12.1 Å². The first-order chi connectivity index (χ1) is 14.6. The van der Waals surface area contributed by atoms with Gasteiger partial charge in [-0.15, -0.1) is 0 Å². The molecule has 1 aliphatic carbocycles. The van der Waals surface area contributed by atoms with E-state index in [1.54, 1.807) is 11.0 Å². The maximum atomic E-state index is 6.57. The van der Waals surface area contributed by atoms with Gasteiger partial charge in [-0.25, -0.2) is 9.67 Å². The highest BCUT2D eigenvalue weighted by Gasteiger charge is 2.40. The van der Waals surface area contributed by atoms with Crippen LogP contribution in [-0.4, -0.2) is 63.8 Å². The highest BCUT2D eigenvalue weighted by molar-refractivity contribution is 6.35. The first-order valence-corrected chi connectivity index (χ1v) is 10.9. The van der Waals surface area contributed by atoms with E-state index in [0.717, 1.165) is 60.2 Å². The number of rotatable bonds is 4. The summed E-state index contributed by atoms with van der Waals surface area (Å²) < 4.78 is 8.28. The molecule has 2 unspecified atom stereocenters. The summed E-state index contributed by atoms with van der Waals surface area (Å²) in [7, 11) is 2.17. The van der Waals surface area contributed by atoms with E-state index in [0.29, 0.717) is 5.02 Å². The number of hydrogen-bond acceptors (Lipinski definition) is 5. The smallest absolute Gasteiger partial charge is 0.140 e. The van der Waals surface area contributed by atoms with Gasteiger partial charge in [-0.1, -0.05) is 23.2 Å². The van der Waals surface area contributed by atoms with Crippen molar-refractivity contribution in [1.29, 1.82) is 0 Å². The molecular formula is C22H23Cl2N5O. The normalized spacial score (nSPS) is 22.2. The summed E-state index contributed by atoms with van der Waals surface area (Å²) in [5.74, 6) is 0.812. The van der Waals surface area contributed by atoms with Crippen molar-refractivity contribution < 1.29 is 4.74 Å². The monoisotopic (exact) mass is 443 g/mol. The Labute approximate surface area is 186 Å². The van der Waals surface area contributed by atoms with E-state index in [9.17, 15) is 0 Å². The molecular weight excluding hydrogens is 421 g/mol. The summed E-state index contributed by atoms with van der Waals surface area (Å²) in [5, 5.41) is 5.55. The lowest BCUT2D eigenvalue weighted by molar-refractivity contribution is 0.0454. The van der Waals surface area contributed by atoms with Crippen LogP contribution < -0.4 is 4.74 Å². The fourth-order valence-corrected chi connectivity index (χ4v) is 4.98. The minimum absolute atomic E-state index is 0.114. The summed E-state index contributed by atoms with van der Waals surface area (Å²) in [6, 6.07) is 12.0. The second-order valence-corrected chi connectivity index (χ2v) is 8.78. The molecule has 1 saturated heterocycles. The third-order valence-corrected chi connectivity index (χ3v) is 6.61. The van der Waals surface area contributed by atoms with E-state index in [2.05, 4.69) is 26.9 Å². The minimum Gasteiger partial charge on any atom is -0.484 e. The molecule has 2 heterocycles. The molecule has 0 N–H and O–H groups in total. The van der Waals surface area contributed by atoms with Gasteiger partial charge >= 0.3 is 0 Å². The number of halogens is 2. The van der Waals surface area contributed by atoms with Crippen LogP contribution in [-0.2, 0) is 6.42 Å². The standard InChI is InChI=1S/C22H23Cl2N5O/c1-27-6-8-28(9-7-27)21-12-18-19(10-15(23)11-20(18)24)22(21)30-17-4-2-16(3-5-17)29-14-25-13-26-29/h2-5,10-11,13-14,21-22H,6-9,12H2,1H3. The molecule has 0 saturated carbocycles. The van der Waals surface area contributed by atoms with Crippen molar-refractivity contribution in [1.82, 2.24) is 24.6 Å². The zero-order valence-electron chi connectivity index (χ0n) is 16.7. The van der Waals surface area contributed by atoms with Crippen LogP contribution in [0.25, 0.3) is 5.69 Å². The van der Waals surface area contributed by atoms with Crippen LogP contribution in [0.3, 0.4) is 0 Å². The largest absolute Gasteiger partial charge is 0.484 e.